The number of aromatic nitrogens is 2. The van der Waals surface area contributed by atoms with Crippen molar-refractivity contribution in [2.24, 2.45) is 0 Å². The van der Waals surface area contributed by atoms with Gasteiger partial charge >= 0.3 is 0 Å². The summed E-state index contributed by atoms with van der Waals surface area (Å²) >= 11 is 1.51. The minimum Gasteiger partial charge on any atom is -0.376 e. The van der Waals surface area contributed by atoms with Gasteiger partial charge in [0.1, 0.15) is 0 Å². The quantitative estimate of drug-likeness (QED) is 0.942. The summed E-state index contributed by atoms with van der Waals surface area (Å²) in [6.45, 7) is 1.59. The summed E-state index contributed by atoms with van der Waals surface area (Å²) in [5.74, 6) is -0.0975. The maximum Gasteiger partial charge on any atom is 0.256 e. The van der Waals surface area contributed by atoms with Gasteiger partial charge in [-0.1, -0.05) is 0 Å². The molecule has 1 saturated heterocycles. The third-order valence-corrected chi connectivity index (χ3v) is 4.02. The standard InChI is InChI=1S/C14H17N3O2S/c18-14(11-4-6-20-10-11)16-12-7-15-17(8-12)9-13-3-1-2-5-19-13/h4,6-8,10,13H,1-3,5,9H2,(H,16,18)/t13-/m1/s1. The molecule has 1 amide bonds. The maximum absolute atomic E-state index is 11.9. The molecule has 0 aromatic carbocycles. The monoisotopic (exact) mass is 291 g/mol. The summed E-state index contributed by atoms with van der Waals surface area (Å²) in [5, 5.41) is 10.8. The minimum atomic E-state index is -0.0975. The van der Waals surface area contributed by atoms with Gasteiger partial charge in [-0.3, -0.25) is 9.48 Å². The van der Waals surface area contributed by atoms with Gasteiger partial charge in [-0.2, -0.15) is 16.4 Å². The Bertz CT molecular complexity index is 559. The maximum atomic E-state index is 11.9. The molecular weight excluding hydrogens is 274 g/mol. The predicted octanol–water partition coefficient (Wildman–Crippen LogP) is 2.77. The first kappa shape index (κ1) is 13.3. The summed E-state index contributed by atoms with van der Waals surface area (Å²) < 4.78 is 7.52. The van der Waals surface area contributed by atoms with Crippen molar-refractivity contribution < 1.29 is 9.53 Å². The first-order valence-corrected chi connectivity index (χ1v) is 7.73. The Labute approximate surface area is 121 Å². The second-order valence-electron chi connectivity index (χ2n) is 4.91. The molecule has 3 rings (SSSR count). The molecule has 1 fully saturated rings. The Hall–Kier alpha value is -1.66. The lowest BCUT2D eigenvalue weighted by molar-refractivity contribution is 0.00401. The highest BCUT2D eigenvalue weighted by Gasteiger charge is 2.15. The van der Waals surface area contributed by atoms with E-state index in [1.165, 1.54) is 17.8 Å². The van der Waals surface area contributed by atoms with Crippen molar-refractivity contribution >= 4 is 22.9 Å². The van der Waals surface area contributed by atoms with Crippen molar-refractivity contribution in [3.05, 3.63) is 34.8 Å². The van der Waals surface area contributed by atoms with Gasteiger partial charge in [0.15, 0.2) is 0 Å². The first-order valence-electron chi connectivity index (χ1n) is 6.79. The van der Waals surface area contributed by atoms with Crippen LogP contribution in [0, 0.1) is 0 Å². The van der Waals surface area contributed by atoms with Gasteiger partial charge in [0.2, 0.25) is 0 Å². The molecule has 0 unspecified atom stereocenters. The van der Waals surface area contributed by atoms with Crippen LogP contribution in [-0.2, 0) is 11.3 Å². The number of nitrogens with zero attached hydrogens (tertiary/aromatic N) is 2. The molecule has 106 valence electrons. The van der Waals surface area contributed by atoms with E-state index in [0.717, 1.165) is 31.7 Å². The van der Waals surface area contributed by atoms with Crippen molar-refractivity contribution in [2.45, 2.75) is 31.9 Å². The minimum absolute atomic E-state index is 0.0975. The molecule has 0 spiro atoms. The molecule has 2 aromatic rings. The molecule has 6 heteroatoms. The molecule has 0 radical (unpaired) electrons. The van der Waals surface area contributed by atoms with Gasteiger partial charge in [-0.25, -0.2) is 0 Å². The van der Waals surface area contributed by atoms with E-state index >= 15 is 0 Å². The zero-order valence-corrected chi connectivity index (χ0v) is 11.9. The van der Waals surface area contributed by atoms with Crippen molar-refractivity contribution in [1.29, 1.82) is 0 Å². The number of thiophene rings is 1. The third-order valence-electron chi connectivity index (χ3n) is 3.34. The van der Waals surface area contributed by atoms with E-state index in [2.05, 4.69) is 10.4 Å². The zero-order valence-electron chi connectivity index (χ0n) is 11.1. The smallest absolute Gasteiger partial charge is 0.256 e. The van der Waals surface area contributed by atoms with Crippen LogP contribution >= 0.6 is 11.3 Å². The van der Waals surface area contributed by atoms with Crippen LogP contribution in [0.3, 0.4) is 0 Å². The number of nitrogens with one attached hydrogen (secondary N) is 1. The van der Waals surface area contributed by atoms with Gasteiger partial charge in [0.05, 0.1) is 30.1 Å². The van der Waals surface area contributed by atoms with E-state index in [0.29, 0.717) is 5.56 Å². The Morgan fingerprint density at radius 3 is 3.25 bits per heavy atom. The predicted molar refractivity (Wildman–Crippen MR) is 78.1 cm³/mol. The van der Waals surface area contributed by atoms with E-state index in [1.54, 1.807) is 12.3 Å². The van der Waals surface area contributed by atoms with Crippen LogP contribution < -0.4 is 5.32 Å². The van der Waals surface area contributed by atoms with E-state index < -0.39 is 0 Å². The van der Waals surface area contributed by atoms with Crippen molar-refractivity contribution in [3.8, 4) is 0 Å². The SMILES string of the molecule is O=C(Nc1cnn(C[C@H]2CCCCO2)c1)c1ccsc1. The average molecular weight is 291 g/mol. The van der Waals surface area contributed by atoms with Crippen molar-refractivity contribution in [1.82, 2.24) is 9.78 Å². The van der Waals surface area contributed by atoms with Crippen LogP contribution in [0.4, 0.5) is 5.69 Å². The van der Waals surface area contributed by atoms with Gasteiger partial charge in [0, 0.05) is 18.2 Å². The summed E-state index contributed by atoms with van der Waals surface area (Å²) in [4.78, 5) is 11.9. The lowest BCUT2D eigenvalue weighted by atomic mass is 10.1. The van der Waals surface area contributed by atoms with Crippen LogP contribution in [0.2, 0.25) is 0 Å². The van der Waals surface area contributed by atoms with E-state index in [1.807, 2.05) is 21.6 Å². The molecule has 0 bridgehead atoms. The van der Waals surface area contributed by atoms with Crippen LogP contribution in [0.5, 0.6) is 0 Å². The molecule has 1 N–H and O–H groups in total. The molecule has 3 heterocycles. The van der Waals surface area contributed by atoms with E-state index in [-0.39, 0.29) is 12.0 Å². The lowest BCUT2D eigenvalue weighted by Crippen LogP contribution is -2.24. The Morgan fingerprint density at radius 1 is 1.55 bits per heavy atom. The summed E-state index contributed by atoms with van der Waals surface area (Å²) in [6, 6.07) is 1.81. The fourth-order valence-corrected chi connectivity index (χ4v) is 2.92. The highest BCUT2D eigenvalue weighted by molar-refractivity contribution is 7.08. The van der Waals surface area contributed by atoms with Gasteiger partial charge in [-0.05, 0) is 30.7 Å². The molecular formula is C14H17N3O2S. The molecule has 20 heavy (non-hydrogen) atoms. The van der Waals surface area contributed by atoms with Crippen LogP contribution in [0.1, 0.15) is 29.6 Å². The second-order valence-corrected chi connectivity index (χ2v) is 5.69. The molecule has 2 aromatic heterocycles. The summed E-state index contributed by atoms with van der Waals surface area (Å²) in [5.41, 5.74) is 1.40. The van der Waals surface area contributed by atoms with Crippen LogP contribution in [0.15, 0.2) is 29.2 Å². The number of anilines is 1. The fourth-order valence-electron chi connectivity index (χ4n) is 2.28. The number of hydrogen-bond acceptors (Lipinski definition) is 4. The van der Waals surface area contributed by atoms with Crippen molar-refractivity contribution in [3.63, 3.8) is 0 Å². The highest BCUT2D eigenvalue weighted by atomic mass is 32.1. The van der Waals surface area contributed by atoms with E-state index in [4.69, 9.17) is 4.74 Å². The topological polar surface area (TPSA) is 56.2 Å². The molecule has 0 aliphatic carbocycles. The molecule has 1 atom stereocenters. The normalized spacial score (nSPS) is 18.9. The van der Waals surface area contributed by atoms with Crippen LogP contribution in [0.25, 0.3) is 0 Å². The summed E-state index contributed by atoms with van der Waals surface area (Å²) in [7, 11) is 0. The second kappa shape index (κ2) is 6.19. The number of amides is 1. The van der Waals surface area contributed by atoms with Crippen LogP contribution in [-0.4, -0.2) is 28.4 Å². The highest BCUT2D eigenvalue weighted by Crippen LogP contribution is 2.16. The Balaban J connectivity index is 1.57. The third kappa shape index (κ3) is 3.26. The Kier molecular flexibility index (Phi) is 4.13. The summed E-state index contributed by atoms with van der Waals surface area (Å²) in [6.07, 6.45) is 7.21. The van der Waals surface area contributed by atoms with Gasteiger partial charge in [-0.15, -0.1) is 0 Å². The Morgan fingerprint density at radius 2 is 2.50 bits per heavy atom. The molecule has 1 aliphatic rings. The van der Waals surface area contributed by atoms with Crippen molar-refractivity contribution in [2.75, 3.05) is 11.9 Å². The van der Waals surface area contributed by atoms with Gasteiger partial charge in [0.25, 0.3) is 5.91 Å². The largest absolute Gasteiger partial charge is 0.376 e. The number of carbonyl (C=O) groups is 1. The molecule has 5 nitrogen and oxygen atoms in total. The lowest BCUT2D eigenvalue weighted by Gasteiger charge is -2.22. The number of ether oxygens (including phenoxy) is 1. The number of hydrogen-bond donors (Lipinski definition) is 1. The number of rotatable bonds is 4. The van der Waals surface area contributed by atoms with E-state index in [9.17, 15) is 4.79 Å². The zero-order chi connectivity index (χ0) is 13.8. The first-order chi connectivity index (χ1) is 9.81. The molecule has 0 saturated carbocycles. The van der Waals surface area contributed by atoms with Gasteiger partial charge < -0.3 is 10.1 Å². The molecule has 1 aliphatic heterocycles. The average Bonchev–Trinajstić information content (AvgIpc) is 3.11. The fraction of sp³-hybridized carbons (Fsp3) is 0.429. The number of carbonyl (C=O) groups excluding carboxylic acids is 1.